The van der Waals surface area contributed by atoms with Crippen molar-refractivity contribution in [2.24, 2.45) is 0 Å². The van der Waals surface area contributed by atoms with Gasteiger partial charge < -0.3 is 20.0 Å². The zero-order valence-electron chi connectivity index (χ0n) is 16.9. The number of hydrogen-bond acceptors (Lipinski definition) is 3. The van der Waals surface area contributed by atoms with E-state index < -0.39 is 11.4 Å². The van der Waals surface area contributed by atoms with Gasteiger partial charge in [0, 0.05) is 25.3 Å². The van der Waals surface area contributed by atoms with Crippen LogP contribution in [0.2, 0.25) is 0 Å². The Balaban J connectivity index is 2.74. The van der Waals surface area contributed by atoms with E-state index in [0.29, 0.717) is 5.69 Å². The van der Waals surface area contributed by atoms with Crippen LogP contribution >= 0.6 is 0 Å². The molecular formula is C19H30FN4O3+. The number of nitrogens with zero attached hydrogens (tertiary/aromatic N) is 2. The van der Waals surface area contributed by atoms with Crippen LogP contribution in [0.5, 0.6) is 0 Å². The SMILES string of the molecule is CN(C)C(=O)C[NH+](C)CC(=O)N(CC(=O)Nc1ccc(F)cc1)C(C)(C)C. The largest absolute Gasteiger partial charge is 0.344 e. The second-order valence-corrected chi connectivity index (χ2v) is 7.80. The first-order valence-electron chi connectivity index (χ1n) is 8.77. The highest BCUT2D eigenvalue weighted by Gasteiger charge is 2.30. The number of carbonyl (C=O) groups excluding carboxylic acids is 3. The van der Waals surface area contributed by atoms with E-state index >= 15 is 0 Å². The van der Waals surface area contributed by atoms with Crippen LogP contribution in [0.1, 0.15) is 20.8 Å². The topological polar surface area (TPSA) is 74.2 Å². The van der Waals surface area contributed by atoms with Gasteiger partial charge in [0.05, 0.1) is 7.05 Å². The van der Waals surface area contributed by atoms with E-state index in [1.54, 1.807) is 21.1 Å². The van der Waals surface area contributed by atoms with Crippen molar-refractivity contribution < 1.29 is 23.7 Å². The van der Waals surface area contributed by atoms with Gasteiger partial charge in [-0.25, -0.2) is 4.39 Å². The first-order chi connectivity index (χ1) is 12.4. The van der Waals surface area contributed by atoms with Crippen LogP contribution in [0.15, 0.2) is 24.3 Å². The molecule has 7 nitrogen and oxygen atoms in total. The molecule has 0 saturated heterocycles. The van der Waals surface area contributed by atoms with Crippen molar-refractivity contribution in [2.45, 2.75) is 26.3 Å². The Morgan fingerprint density at radius 1 is 1.04 bits per heavy atom. The average Bonchev–Trinajstić information content (AvgIpc) is 2.53. The maximum absolute atomic E-state index is 13.0. The summed E-state index contributed by atoms with van der Waals surface area (Å²) in [5.41, 5.74) is -0.106. The molecule has 1 atom stereocenters. The van der Waals surface area contributed by atoms with Crippen molar-refractivity contribution in [3.05, 3.63) is 30.1 Å². The third-order valence-electron chi connectivity index (χ3n) is 3.95. The molecule has 0 aliphatic rings. The van der Waals surface area contributed by atoms with Gasteiger partial charge in [0.25, 0.3) is 11.8 Å². The molecule has 8 heteroatoms. The van der Waals surface area contributed by atoms with Crippen molar-refractivity contribution in [2.75, 3.05) is 46.1 Å². The van der Waals surface area contributed by atoms with Gasteiger partial charge in [0.15, 0.2) is 13.1 Å². The van der Waals surface area contributed by atoms with Gasteiger partial charge in [0.2, 0.25) is 5.91 Å². The lowest BCUT2D eigenvalue weighted by molar-refractivity contribution is -0.863. The number of rotatable bonds is 7. The Bertz CT molecular complexity index is 669. The average molecular weight is 381 g/mol. The van der Waals surface area contributed by atoms with Gasteiger partial charge in [-0.1, -0.05) is 0 Å². The molecular weight excluding hydrogens is 351 g/mol. The smallest absolute Gasteiger partial charge is 0.278 e. The second kappa shape index (κ2) is 9.45. The highest BCUT2D eigenvalue weighted by molar-refractivity contribution is 5.94. The molecule has 0 spiro atoms. The first-order valence-corrected chi connectivity index (χ1v) is 8.77. The van der Waals surface area contributed by atoms with E-state index in [0.717, 1.165) is 4.90 Å². The third kappa shape index (κ3) is 7.74. The van der Waals surface area contributed by atoms with Crippen molar-refractivity contribution >= 4 is 23.4 Å². The predicted molar refractivity (Wildman–Crippen MR) is 102 cm³/mol. The third-order valence-corrected chi connectivity index (χ3v) is 3.95. The van der Waals surface area contributed by atoms with E-state index in [1.807, 2.05) is 20.8 Å². The number of hydrogen-bond donors (Lipinski definition) is 2. The quantitative estimate of drug-likeness (QED) is 0.698. The van der Waals surface area contributed by atoms with E-state index in [4.69, 9.17) is 0 Å². The van der Waals surface area contributed by atoms with Gasteiger partial charge in [-0.2, -0.15) is 0 Å². The van der Waals surface area contributed by atoms with E-state index in [2.05, 4.69) is 5.32 Å². The fourth-order valence-electron chi connectivity index (χ4n) is 2.41. The molecule has 2 N–H and O–H groups in total. The number of nitrogens with one attached hydrogen (secondary N) is 2. The summed E-state index contributed by atoms with van der Waals surface area (Å²) in [6.45, 7) is 5.69. The number of likely N-dealkylation sites (N-methyl/N-ethyl adjacent to an activating group) is 2. The van der Waals surface area contributed by atoms with Crippen molar-refractivity contribution in [1.29, 1.82) is 0 Å². The number of halogens is 1. The second-order valence-electron chi connectivity index (χ2n) is 7.80. The van der Waals surface area contributed by atoms with Gasteiger partial charge >= 0.3 is 0 Å². The molecule has 0 heterocycles. The highest BCUT2D eigenvalue weighted by Crippen LogP contribution is 2.14. The number of benzene rings is 1. The molecule has 0 aliphatic heterocycles. The minimum Gasteiger partial charge on any atom is -0.344 e. The fraction of sp³-hybridized carbons (Fsp3) is 0.526. The molecule has 1 unspecified atom stereocenters. The Hall–Kier alpha value is -2.48. The number of carbonyl (C=O) groups is 3. The first kappa shape index (κ1) is 22.6. The fourth-order valence-corrected chi connectivity index (χ4v) is 2.41. The normalized spacial score (nSPS) is 12.3. The molecule has 0 radical (unpaired) electrons. The summed E-state index contributed by atoms with van der Waals surface area (Å²) in [4.78, 5) is 40.6. The minimum absolute atomic E-state index is 0.0725. The maximum atomic E-state index is 13.0. The highest BCUT2D eigenvalue weighted by atomic mass is 19.1. The molecule has 0 aliphatic carbocycles. The van der Waals surface area contributed by atoms with E-state index in [-0.39, 0.29) is 37.4 Å². The molecule has 3 amide bonds. The molecule has 27 heavy (non-hydrogen) atoms. The van der Waals surface area contributed by atoms with Gasteiger partial charge in [0.1, 0.15) is 12.4 Å². The molecule has 0 fully saturated rings. The number of anilines is 1. The van der Waals surface area contributed by atoms with Crippen LogP contribution in [0, 0.1) is 5.82 Å². The summed E-state index contributed by atoms with van der Waals surface area (Å²) >= 11 is 0. The molecule has 1 aromatic carbocycles. The van der Waals surface area contributed by atoms with Gasteiger partial charge in [-0.3, -0.25) is 14.4 Å². The van der Waals surface area contributed by atoms with Crippen LogP contribution in [-0.2, 0) is 14.4 Å². The van der Waals surface area contributed by atoms with Crippen LogP contribution in [0.4, 0.5) is 10.1 Å². The Morgan fingerprint density at radius 2 is 1.56 bits per heavy atom. The monoisotopic (exact) mass is 381 g/mol. The Kier molecular flexibility index (Phi) is 7.90. The lowest BCUT2D eigenvalue weighted by Crippen LogP contribution is -3.11. The Labute approximate surface area is 160 Å². The number of quaternary nitrogens is 1. The molecule has 0 aromatic heterocycles. The lowest BCUT2D eigenvalue weighted by atomic mass is 10.1. The summed E-state index contributed by atoms with van der Waals surface area (Å²) in [7, 11) is 5.09. The van der Waals surface area contributed by atoms with Crippen LogP contribution in [0.25, 0.3) is 0 Å². The lowest BCUT2D eigenvalue weighted by Gasteiger charge is -2.35. The summed E-state index contributed by atoms with van der Waals surface area (Å²) < 4.78 is 13.0. The van der Waals surface area contributed by atoms with Gasteiger partial charge in [-0.15, -0.1) is 0 Å². The molecule has 150 valence electrons. The molecule has 0 saturated carbocycles. The molecule has 0 bridgehead atoms. The van der Waals surface area contributed by atoms with Crippen LogP contribution < -0.4 is 10.2 Å². The summed E-state index contributed by atoms with van der Waals surface area (Å²) in [6.07, 6.45) is 0. The zero-order chi connectivity index (χ0) is 20.8. The van der Waals surface area contributed by atoms with Crippen LogP contribution in [0.3, 0.4) is 0 Å². The standard InChI is InChI=1S/C19H29FN4O3/c1-19(2,3)24(18(27)13-23(6)12-17(26)22(4)5)11-16(25)21-15-9-7-14(20)8-10-15/h7-10H,11-13H2,1-6H3,(H,21,25)/p+1. The Morgan fingerprint density at radius 3 is 2.04 bits per heavy atom. The van der Waals surface area contributed by atoms with Crippen LogP contribution in [-0.4, -0.2) is 73.8 Å². The zero-order valence-corrected chi connectivity index (χ0v) is 16.9. The molecule has 1 rings (SSSR count). The summed E-state index contributed by atoms with van der Waals surface area (Å²) in [6, 6.07) is 5.42. The van der Waals surface area contributed by atoms with Gasteiger partial charge in [-0.05, 0) is 45.0 Å². The predicted octanol–water partition coefficient (Wildman–Crippen LogP) is -0.00580. The summed E-state index contributed by atoms with van der Waals surface area (Å²) in [5, 5.41) is 2.66. The molecule has 1 aromatic rings. The maximum Gasteiger partial charge on any atom is 0.278 e. The summed E-state index contributed by atoms with van der Waals surface area (Å²) in [5.74, 6) is -1.05. The van der Waals surface area contributed by atoms with Crippen molar-refractivity contribution in [3.8, 4) is 0 Å². The van der Waals surface area contributed by atoms with Crippen molar-refractivity contribution in [3.63, 3.8) is 0 Å². The van der Waals surface area contributed by atoms with Crippen molar-refractivity contribution in [1.82, 2.24) is 9.80 Å². The minimum atomic E-state index is -0.566. The van der Waals surface area contributed by atoms with E-state index in [1.165, 1.54) is 34.1 Å². The van der Waals surface area contributed by atoms with E-state index in [9.17, 15) is 18.8 Å². The number of amides is 3.